The van der Waals surface area contributed by atoms with Gasteiger partial charge in [0.2, 0.25) is 10.0 Å². The Kier molecular flexibility index (Phi) is 10.5. The molecule has 2 atom stereocenters. The third kappa shape index (κ3) is 8.84. The lowest BCUT2D eigenvalue weighted by Gasteiger charge is -2.21. The Morgan fingerprint density at radius 1 is 1.09 bits per heavy atom. The standard InChI is InChI=1S/C22H25BrF3NO5S/c1-16(32-15-31-13-12-30-2)14-20(23)21(17-6-4-3-5-7-17)27-33(28,29)19-10-8-18(9-11-19)22(24,25)26/h3-11,14,16,21,27H,12-13,15H2,1-2H3/b20-14+/t16-,21-/m0/s1. The number of sulfonamides is 1. The van der Waals surface area contributed by atoms with E-state index in [2.05, 4.69) is 20.7 Å². The zero-order valence-corrected chi connectivity index (χ0v) is 20.4. The van der Waals surface area contributed by atoms with E-state index in [0.717, 1.165) is 24.3 Å². The zero-order chi connectivity index (χ0) is 24.5. The Labute approximate surface area is 199 Å². The van der Waals surface area contributed by atoms with Gasteiger partial charge in [0.05, 0.1) is 35.8 Å². The molecule has 182 valence electrons. The van der Waals surface area contributed by atoms with E-state index < -0.39 is 33.9 Å². The number of ether oxygens (including phenoxy) is 3. The van der Waals surface area contributed by atoms with E-state index >= 15 is 0 Å². The van der Waals surface area contributed by atoms with Crippen LogP contribution >= 0.6 is 15.9 Å². The van der Waals surface area contributed by atoms with Gasteiger partial charge in [-0.2, -0.15) is 17.9 Å². The molecule has 2 aromatic carbocycles. The van der Waals surface area contributed by atoms with E-state index in [4.69, 9.17) is 14.2 Å². The molecule has 0 spiro atoms. The van der Waals surface area contributed by atoms with Crippen LogP contribution in [0.1, 0.15) is 24.1 Å². The van der Waals surface area contributed by atoms with E-state index in [1.165, 1.54) is 0 Å². The average molecular weight is 552 g/mol. The van der Waals surface area contributed by atoms with Crippen molar-refractivity contribution >= 4 is 26.0 Å². The second kappa shape index (κ2) is 12.6. The van der Waals surface area contributed by atoms with Gasteiger partial charge in [0, 0.05) is 11.6 Å². The number of benzene rings is 2. The van der Waals surface area contributed by atoms with Crippen LogP contribution in [-0.2, 0) is 30.4 Å². The lowest BCUT2D eigenvalue weighted by Crippen LogP contribution is -2.29. The molecule has 0 heterocycles. The lowest BCUT2D eigenvalue weighted by molar-refractivity contribution is -0.137. The zero-order valence-electron chi connectivity index (χ0n) is 18.0. The molecule has 0 aliphatic carbocycles. The first kappa shape index (κ1) is 27.5. The van der Waals surface area contributed by atoms with E-state index in [1.54, 1.807) is 50.4 Å². The number of methoxy groups -OCH3 is 1. The second-order valence-electron chi connectivity index (χ2n) is 6.93. The number of halogens is 4. The maximum Gasteiger partial charge on any atom is 0.416 e. The summed E-state index contributed by atoms with van der Waals surface area (Å²) in [5, 5.41) is 0. The van der Waals surface area contributed by atoms with Crippen molar-refractivity contribution in [3.63, 3.8) is 0 Å². The molecule has 0 fully saturated rings. The number of rotatable bonds is 12. The molecule has 0 aliphatic rings. The van der Waals surface area contributed by atoms with Crippen molar-refractivity contribution in [3.8, 4) is 0 Å². The third-order valence-electron chi connectivity index (χ3n) is 4.41. The van der Waals surface area contributed by atoms with Crippen molar-refractivity contribution in [2.24, 2.45) is 0 Å². The van der Waals surface area contributed by atoms with Crippen molar-refractivity contribution in [3.05, 3.63) is 76.3 Å². The summed E-state index contributed by atoms with van der Waals surface area (Å²) in [4.78, 5) is -0.285. The molecule has 0 unspecified atom stereocenters. The molecule has 11 heteroatoms. The summed E-state index contributed by atoms with van der Waals surface area (Å²) in [7, 11) is -2.59. The van der Waals surface area contributed by atoms with Crippen LogP contribution in [0.15, 0.2) is 70.1 Å². The molecule has 1 N–H and O–H groups in total. The number of alkyl halides is 3. The minimum Gasteiger partial charge on any atom is -0.382 e. The van der Waals surface area contributed by atoms with Crippen molar-refractivity contribution in [2.45, 2.75) is 30.1 Å². The molecule has 0 bridgehead atoms. The molecule has 6 nitrogen and oxygen atoms in total. The number of nitrogens with one attached hydrogen (secondary N) is 1. The summed E-state index contributed by atoms with van der Waals surface area (Å²) in [5.41, 5.74) is -0.305. The maximum atomic E-state index is 12.9. The van der Waals surface area contributed by atoms with Crippen LogP contribution in [0.3, 0.4) is 0 Å². The van der Waals surface area contributed by atoms with Gasteiger partial charge in [-0.25, -0.2) is 8.42 Å². The fourth-order valence-corrected chi connectivity index (χ4v) is 4.81. The molecule has 0 saturated heterocycles. The third-order valence-corrected chi connectivity index (χ3v) is 6.57. The van der Waals surface area contributed by atoms with Crippen molar-refractivity contribution < 1.29 is 35.8 Å². The van der Waals surface area contributed by atoms with Crippen LogP contribution in [0.4, 0.5) is 13.2 Å². The predicted octanol–water partition coefficient (Wildman–Crippen LogP) is 5.03. The lowest BCUT2D eigenvalue weighted by atomic mass is 10.1. The molecule has 2 aromatic rings. The summed E-state index contributed by atoms with van der Waals surface area (Å²) < 4.78 is 83.0. The van der Waals surface area contributed by atoms with Crippen LogP contribution in [0.25, 0.3) is 0 Å². The highest BCUT2D eigenvalue weighted by molar-refractivity contribution is 9.11. The van der Waals surface area contributed by atoms with Crippen LogP contribution in [0, 0.1) is 0 Å². The summed E-state index contributed by atoms with van der Waals surface area (Å²) in [5.74, 6) is 0. The van der Waals surface area contributed by atoms with Crippen molar-refractivity contribution in [1.82, 2.24) is 4.72 Å². The smallest absolute Gasteiger partial charge is 0.382 e. The Morgan fingerprint density at radius 2 is 1.73 bits per heavy atom. The minimum atomic E-state index is -4.56. The normalized spacial score (nSPS) is 14.8. The quantitative estimate of drug-likeness (QED) is 0.296. The average Bonchev–Trinajstić information content (AvgIpc) is 2.77. The first-order chi connectivity index (χ1) is 15.5. The molecular formula is C22H25BrF3NO5S. The molecule has 0 amide bonds. The summed E-state index contributed by atoms with van der Waals surface area (Å²) >= 11 is 3.42. The summed E-state index contributed by atoms with van der Waals surface area (Å²) in [6.45, 7) is 2.58. The molecule has 0 saturated carbocycles. The molecular weight excluding hydrogens is 527 g/mol. The van der Waals surface area contributed by atoms with E-state index in [9.17, 15) is 21.6 Å². The van der Waals surface area contributed by atoms with Gasteiger partial charge in [-0.05, 0) is 42.8 Å². The molecule has 0 aliphatic heterocycles. The van der Waals surface area contributed by atoms with Crippen LogP contribution < -0.4 is 4.72 Å². The van der Waals surface area contributed by atoms with Crippen LogP contribution in [0.5, 0.6) is 0 Å². The highest BCUT2D eigenvalue weighted by Gasteiger charge is 2.31. The van der Waals surface area contributed by atoms with Gasteiger partial charge in [0.15, 0.2) is 0 Å². The highest BCUT2D eigenvalue weighted by Crippen LogP contribution is 2.31. The Balaban J connectivity index is 2.22. The van der Waals surface area contributed by atoms with Gasteiger partial charge in [0.25, 0.3) is 0 Å². The van der Waals surface area contributed by atoms with E-state index in [0.29, 0.717) is 23.3 Å². The van der Waals surface area contributed by atoms with Gasteiger partial charge in [-0.1, -0.05) is 46.3 Å². The van der Waals surface area contributed by atoms with Gasteiger partial charge in [0.1, 0.15) is 6.79 Å². The Bertz CT molecular complexity index is 999. The number of hydrogen-bond donors (Lipinski definition) is 1. The highest BCUT2D eigenvalue weighted by atomic mass is 79.9. The van der Waals surface area contributed by atoms with Gasteiger partial charge in [-0.15, -0.1) is 0 Å². The van der Waals surface area contributed by atoms with Crippen LogP contribution in [-0.4, -0.2) is 41.6 Å². The second-order valence-corrected chi connectivity index (χ2v) is 9.56. The van der Waals surface area contributed by atoms with Crippen LogP contribution in [0.2, 0.25) is 0 Å². The molecule has 33 heavy (non-hydrogen) atoms. The Morgan fingerprint density at radius 3 is 2.30 bits per heavy atom. The van der Waals surface area contributed by atoms with Gasteiger partial charge in [-0.3, -0.25) is 0 Å². The minimum absolute atomic E-state index is 0.0224. The molecule has 0 radical (unpaired) electrons. The maximum absolute atomic E-state index is 12.9. The summed E-state index contributed by atoms with van der Waals surface area (Å²) in [6, 6.07) is 11.2. The summed E-state index contributed by atoms with van der Waals surface area (Å²) in [6.07, 6.45) is -3.31. The largest absolute Gasteiger partial charge is 0.416 e. The first-order valence-electron chi connectivity index (χ1n) is 9.84. The number of hydrogen-bond acceptors (Lipinski definition) is 5. The molecule has 2 rings (SSSR count). The van der Waals surface area contributed by atoms with Crippen molar-refractivity contribution in [2.75, 3.05) is 27.1 Å². The monoisotopic (exact) mass is 551 g/mol. The van der Waals surface area contributed by atoms with Gasteiger partial charge < -0.3 is 14.2 Å². The van der Waals surface area contributed by atoms with Gasteiger partial charge >= 0.3 is 6.18 Å². The predicted molar refractivity (Wildman–Crippen MR) is 121 cm³/mol. The molecule has 0 aromatic heterocycles. The fourth-order valence-electron chi connectivity index (χ4n) is 2.70. The van der Waals surface area contributed by atoms with E-state index in [1.807, 2.05) is 0 Å². The topological polar surface area (TPSA) is 73.9 Å². The first-order valence-corrected chi connectivity index (χ1v) is 12.1. The van der Waals surface area contributed by atoms with Crippen molar-refractivity contribution in [1.29, 1.82) is 0 Å². The van der Waals surface area contributed by atoms with E-state index in [-0.39, 0.29) is 11.7 Å². The fraction of sp³-hybridized carbons (Fsp3) is 0.364. The Hall–Kier alpha value is -1.76. The SMILES string of the molecule is COCCOCO[C@@H](C)/C=C(/Br)[C@@H](NS(=O)(=O)c1ccc(C(F)(F)F)cc1)c1ccccc1.